The number of benzene rings is 2. The number of aromatic nitrogens is 2. The molecule has 1 aromatic heterocycles. The highest BCUT2D eigenvalue weighted by molar-refractivity contribution is 7.91. The zero-order chi connectivity index (χ0) is 22.9. The van der Waals surface area contributed by atoms with E-state index in [4.69, 9.17) is 9.47 Å². The lowest BCUT2D eigenvalue weighted by Gasteiger charge is -2.23. The maximum atomic E-state index is 13.4. The maximum absolute atomic E-state index is 13.4. The first-order valence-corrected chi connectivity index (χ1v) is 12.0. The fourth-order valence-electron chi connectivity index (χ4n) is 3.90. The molecule has 168 valence electrons. The number of carbonyl (C=O) groups excluding carboxylic acids is 1. The zero-order valence-electron chi connectivity index (χ0n) is 18.2. The van der Waals surface area contributed by atoms with E-state index in [9.17, 15) is 13.2 Å². The van der Waals surface area contributed by atoms with Gasteiger partial charge in [-0.15, -0.1) is 0 Å². The monoisotopic (exact) mass is 455 g/mol. The van der Waals surface area contributed by atoms with Crippen LogP contribution in [-0.4, -0.2) is 55.4 Å². The van der Waals surface area contributed by atoms with E-state index in [1.165, 1.54) is 0 Å². The van der Waals surface area contributed by atoms with E-state index >= 15 is 0 Å². The smallest absolute Gasteiger partial charge is 0.255 e. The van der Waals surface area contributed by atoms with E-state index in [0.717, 1.165) is 5.69 Å². The van der Waals surface area contributed by atoms with Gasteiger partial charge >= 0.3 is 0 Å². The number of amides is 1. The molecule has 1 atom stereocenters. The van der Waals surface area contributed by atoms with Crippen molar-refractivity contribution in [2.24, 2.45) is 0 Å². The van der Waals surface area contributed by atoms with Crippen molar-refractivity contribution in [1.29, 1.82) is 0 Å². The summed E-state index contributed by atoms with van der Waals surface area (Å²) >= 11 is 0. The highest BCUT2D eigenvalue weighted by Gasteiger charge is 2.40. The standard InChI is InChI=1S/C23H25N3O5S/c1-23(11-12-32(28,29)15-23)24-22(27)19-14-26(16-7-5-4-6-8-16)25-21(19)18-13-17(30-2)9-10-20(18)31-3/h4-10,13-14H,11-12,15H2,1-3H3,(H,24,27). The van der Waals surface area contributed by atoms with Crippen LogP contribution in [0.2, 0.25) is 0 Å². The van der Waals surface area contributed by atoms with Crippen LogP contribution < -0.4 is 14.8 Å². The largest absolute Gasteiger partial charge is 0.497 e. The Balaban J connectivity index is 1.81. The van der Waals surface area contributed by atoms with Crippen LogP contribution in [-0.2, 0) is 9.84 Å². The van der Waals surface area contributed by atoms with E-state index in [-0.39, 0.29) is 11.5 Å². The lowest BCUT2D eigenvalue weighted by atomic mass is 10.0. The van der Waals surface area contributed by atoms with Crippen LogP contribution in [0.4, 0.5) is 0 Å². The molecule has 0 spiro atoms. The quantitative estimate of drug-likeness (QED) is 0.614. The first kappa shape index (κ1) is 21.9. The van der Waals surface area contributed by atoms with E-state index in [1.807, 2.05) is 30.3 Å². The van der Waals surface area contributed by atoms with Crippen molar-refractivity contribution < 1.29 is 22.7 Å². The Morgan fingerprint density at radius 2 is 1.88 bits per heavy atom. The molecule has 3 aromatic rings. The Morgan fingerprint density at radius 3 is 2.50 bits per heavy atom. The van der Waals surface area contributed by atoms with Gasteiger partial charge in [0.25, 0.3) is 5.91 Å². The molecule has 2 aromatic carbocycles. The molecule has 1 N–H and O–H groups in total. The Labute approximate surface area is 187 Å². The first-order valence-electron chi connectivity index (χ1n) is 10.1. The minimum atomic E-state index is -3.17. The SMILES string of the molecule is COc1ccc(OC)c(-c2nn(-c3ccccc3)cc2C(=O)NC2(C)CCS(=O)(=O)C2)c1. The fourth-order valence-corrected chi connectivity index (χ4v) is 5.99. The lowest BCUT2D eigenvalue weighted by Crippen LogP contribution is -2.47. The lowest BCUT2D eigenvalue weighted by molar-refractivity contribution is 0.0916. The highest BCUT2D eigenvalue weighted by Crippen LogP contribution is 2.35. The van der Waals surface area contributed by atoms with Gasteiger partial charge in [-0.05, 0) is 43.7 Å². The molecule has 32 heavy (non-hydrogen) atoms. The minimum absolute atomic E-state index is 0.0591. The van der Waals surface area contributed by atoms with Gasteiger partial charge < -0.3 is 14.8 Å². The average Bonchev–Trinajstić information content (AvgIpc) is 3.34. The number of nitrogens with one attached hydrogen (secondary N) is 1. The molecule has 0 radical (unpaired) electrons. The molecular weight excluding hydrogens is 430 g/mol. The van der Waals surface area contributed by atoms with Crippen LogP contribution in [0, 0.1) is 0 Å². The van der Waals surface area contributed by atoms with Gasteiger partial charge in [-0.1, -0.05) is 18.2 Å². The molecule has 1 fully saturated rings. The first-order chi connectivity index (χ1) is 15.2. The molecule has 1 aliphatic rings. The second-order valence-electron chi connectivity index (χ2n) is 8.09. The van der Waals surface area contributed by atoms with Crippen molar-refractivity contribution >= 4 is 15.7 Å². The van der Waals surface area contributed by atoms with Gasteiger partial charge in [0.1, 0.15) is 17.2 Å². The van der Waals surface area contributed by atoms with Crippen LogP contribution in [0.1, 0.15) is 23.7 Å². The number of carbonyl (C=O) groups is 1. The second kappa shape index (κ2) is 8.31. The number of ether oxygens (including phenoxy) is 2. The molecule has 1 saturated heterocycles. The third-order valence-corrected chi connectivity index (χ3v) is 7.46. The van der Waals surface area contributed by atoms with Gasteiger partial charge in [0.05, 0.1) is 42.5 Å². The summed E-state index contributed by atoms with van der Waals surface area (Å²) in [7, 11) is -0.0696. The van der Waals surface area contributed by atoms with Crippen molar-refractivity contribution in [1.82, 2.24) is 15.1 Å². The summed E-state index contributed by atoms with van der Waals surface area (Å²) in [5.74, 6) is 0.703. The van der Waals surface area contributed by atoms with Gasteiger partial charge in [0.15, 0.2) is 9.84 Å². The highest BCUT2D eigenvalue weighted by atomic mass is 32.2. The summed E-state index contributed by atoms with van der Waals surface area (Å²) in [5, 5.41) is 7.61. The number of hydrogen-bond donors (Lipinski definition) is 1. The molecule has 1 unspecified atom stereocenters. The Morgan fingerprint density at radius 1 is 1.12 bits per heavy atom. The Kier molecular flexibility index (Phi) is 5.68. The molecular formula is C23H25N3O5S. The summed E-state index contributed by atoms with van der Waals surface area (Å²) in [6.45, 7) is 1.75. The Bertz CT molecular complexity index is 1250. The second-order valence-corrected chi connectivity index (χ2v) is 10.3. The number of nitrogens with zero attached hydrogens (tertiary/aromatic N) is 2. The van der Waals surface area contributed by atoms with Gasteiger partial charge in [0, 0.05) is 11.8 Å². The predicted molar refractivity (Wildman–Crippen MR) is 121 cm³/mol. The summed E-state index contributed by atoms with van der Waals surface area (Å²) in [6, 6.07) is 14.7. The third-order valence-electron chi connectivity index (χ3n) is 5.56. The molecule has 9 heteroatoms. The number of hydrogen-bond acceptors (Lipinski definition) is 6. The Hall–Kier alpha value is -3.33. The van der Waals surface area contributed by atoms with E-state index in [0.29, 0.717) is 34.7 Å². The van der Waals surface area contributed by atoms with Crippen molar-refractivity contribution in [2.45, 2.75) is 18.9 Å². The third kappa shape index (κ3) is 4.34. The van der Waals surface area contributed by atoms with E-state index < -0.39 is 21.3 Å². The molecule has 0 aliphatic carbocycles. The topological polar surface area (TPSA) is 99.5 Å². The summed E-state index contributed by atoms with van der Waals surface area (Å²) < 4.78 is 36.5. The molecule has 1 aliphatic heterocycles. The van der Waals surface area contributed by atoms with Crippen LogP contribution in [0.25, 0.3) is 16.9 Å². The van der Waals surface area contributed by atoms with Crippen LogP contribution in [0.3, 0.4) is 0 Å². The summed E-state index contributed by atoms with van der Waals surface area (Å²) in [6.07, 6.45) is 2.01. The predicted octanol–water partition coefficient (Wildman–Crippen LogP) is 2.86. The number of sulfone groups is 1. The van der Waals surface area contributed by atoms with Crippen LogP contribution in [0.5, 0.6) is 11.5 Å². The van der Waals surface area contributed by atoms with Crippen molar-refractivity contribution in [2.75, 3.05) is 25.7 Å². The number of para-hydroxylation sites is 1. The number of methoxy groups -OCH3 is 2. The maximum Gasteiger partial charge on any atom is 0.255 e. The van der Waals surface area contributed by atoms with Gasteiger partial charge in [0.2, 0.25) is 0 Å². The van der Waals surface area contributed by atoms with Crippen molar-refractivity contribution in [3.05, 3.63) is 60.3 Å². The van der Waals surface area contributed by atoms with Crippen molar-refractivity contribution in [3.63, 3.8) is 0 Å². The van der Waals surface area contributed by atoms with Crippen molar-refractivity contribution in [3.8, 4) is 28.4 Å². The zero-order valence-corrected chi connectivity index (χ0v) is 19.0. The van der Waals surface area contributed by atoms with Gasteiger partial charge in [-0.2, -0.15) is 5.10 Å². The van der Waals surface area contributed by atoms with Crippen LogP contribution >= 0.6 is 0 Å². The molecule has 4 rings (SSSR count). The van der Waals surface area contributed by atoms with Gasteiger partial charge in [-0.3, -0.25) is 4.79 Å². The van der Waals surface area contributed by atoms with Crippen LogP contribution in [0.15, 0.2) is 54.7 Å². The molecule has 1 amide bonds. The number of rotatable bonds is 6. The minimum Gasteiger partial charge on any atom is -0.497 e. The normalized spacial score (nSPS) is 19.5. The fraction of sp³-hybridized carbons (Fsp3) is 0.304. The van der Waals surface area contributed by atoms with E-state index in [1.54, 1.807) is 50.2 Å². The molecule has 0 saturated carbocycles. The molecule has 8 nitrogen and oxygen atoms in total. The van der Waals surface area contributed by atoms with E-state index in [2.05, 4.69) is 10.4 Å². The molecule has 0 bridgehead atoms. The molecule has 2 heterocycles. The summed E-state index contributed by atoms with van der Waals surface area (Å²) in [4.78, 5) is 13.4. The van der Waals surface area contributed by atoms with Gasteiger partial charge in [-0.25, -0.2) is 13.1 Å². The summed E-state index contributed by atoms with van der Waals surface area (Å²) in [5.41, 5.74) is 1.26. The average molecular weight is 456 g/mol.